The third kappa shape index (κ3) is 23.4. The molecule has 0 radical (unpaired) electrons. The van der Waals surface area contributed by atoms with Crippen LogP contribution >= 0.6 is 0 Å². The van der Waals surface area contributed by atoms with Crippen molar-refractivity contribution in [2.45, 2.75) is 135 Å². The molecule has 192 valence electrons. The van der Waals surface area contributed by atoms with E-state index in [-0.39, 0.29) is 13.0 Å². The summed E-state index contributed by atoms with van der Waals surface area (Å²) in [6.07, 6.45) is 29.8. The van der Waals surface area contributed by atoms with Gasteiger partial charge in [0.15, 0.2) is 0 Å². The number of carbonyl (C=O) groups is 2. The lowest BCUT2D eigenvalue weighted by Crippen LogP contribution is -2.21. The number of esters is 1. The first-order valence-corrected chi connectivity index (χ1v) is 13.8. The van der Waals surface area contributed by atoms with Gasteiger partial charge in [0.05, 0.1) is 12.3 Å². The maximum absolute atomic E-state index is 11.9. The number of unbranched alkanes of at least 4 members (excludes halogenated alkanes) is 16. The van der Waals surface area contributed by atoms with E-state index >= 15 is 0 Å². The molecule has 0 saturated heterocycles. The van der Waals surface area contributed by atoms with E-state index < -0.39 is 17.9 Å². The van der Waals surface area contributed by atoms with Gasteiger partial charge in [-0.3, -0.25) is 9.59 Å². The lowest BCUT2D eigenvalue weighted by molar-refractivity contribution is -0.152. The van der Waals surface area contributed by atoms with E-state index in [0.717, 1.165) is 25.7 Å². The third-order valence-corrected chi connectivity index (χ3v) is 6.16. The van der Waals surface area contributed by atoms with E-state index in [1.807, 2.05) is 0 Å². The van der Waals surface area contributed by atoms with Crippen molar-refractivity contribution in [3.8, 4) is 0 Å². The van der Waals surface area contributed by atoms with Crippen LogP contribution in [-0.4, -0.2) is 23.7 Å². The van der Waals surface area contributed by atoms with Crippen molar-refractivity contribution in [3.05, 3.63) is 24.8 Å². The lowest BCUT2D eigenvalue weighted by Gasteiger charge is -2.13. The Kier molecular flexibility index (Phi) is 23.9. The Morgan fingerprint density at radius 2 is 1.21 bits per heavy atom. The summed E-state index contributed by atoms with van der Waals surface area (Å²) in [5.74, 6) is -1.92. The van der Waals surface area contributed by atoms with Gasteiger partial charge in [-0.2, -0.15) is 0 Å². The normalized spacial score (nSPS) is 12.2. The molecule has 1 N–H and O–H groups in total. The van der Waals surface area contributed by atoms with Gasteiger partial charge in [-0.05, 0) is 32.1 Å². The number of aliphatic carboxylic acids is 1. The predicted molar refractivity (Wildman–Crippen MR) is 139 cm³/mol. The smallest absolute Gasteiger partial charge is 0.309 e. The van der Waals surface area contributed by atoms with Crippen LogP contribution in [0.3, 0.4) is 0 Å². The van der Waals surface area contributed by atoms with Gasteiger partial charge in [-0.15, -0.1) is 0 Å². The molecular weight excluding hydrogens is 412 g/mol. The molecule has 4 heteroatoms. The first-order chi connectivity index (χ1) is 16.1. The molecule has 0 aliphatic heterocycles. The quantitative estimate of drug-likeness (QED) is 0.0832. The Hall–Kier alpha value is -1.58. The largest absolute Gasteiger partial charge is 0.481 e. The van der Waals surface area contributed by atoms with E-state index in [1.165, 1.54) is 96.0 Å². The molecule has 0 amide bonds. The van der Waals surface area contributed by atoms with Crippen LogP contribution in [0.25, 0.3) is 0 Å². The Bertz CT molecular complexity index is 498. The summed E-state index contributed by atoms with van der Waals surface area (Å²) < 4.78 is 5.02. The SMILES string of the molecule is C=CCOC(=O)C(CCCCC/C=C/CCCCCCCCCCCCCCC)CC(=O)O. The Morgan fingerprint density at radius 1 is 0.758 bits per heavy atom. The highest BCUT2D eigenvalue weighted by atomic mass is 16.5. The van der Waals surface area contributed by atoms with Gasteiger partial charge in [0.25, 0.3) is 0 Å². The van der Waals surface area contributed by atoms with Gasteiger partial charge < -0.3 is 9.84 Å². The van der Waals surface area contributed by atoms with Crippen LogP contribution in [-0.2, 0) is 14.3 Å². The molecule has 0 heterocycles. The van der Waals surface area contributed by atoms with Crippen LogP contribution in [0.15, 0.2) is 24.8 Å². The Morgan fingerprint density at radius 3 is 1.67 bits per heavy atom. The van der Waals surface area contributed by atoms with Crippen molar-refractivity contribution < 1.29 is 19.4 Å². The second-order valence-electron chi connectivity index (χ2n) is 9.35. The summed E-state index contributed by atoms with van der Waals surface area (Å²) in [4.78, 5) is 22.9. The topological polar surface area (TPSA) is 63.6 Å². The first-order valence-electron chi connectivity index (χ1n) is 13.8. The number of carbonyl (C=O) groups excluding carboxylic acids is 1. The second kappa shape index (κ2) is 25.1. The second-order valence-corrected chi connectivity index (χ2v) is 9.35. The van der Waals surface area contributed by atoms with E-state index in [0.29, 0.717) is 6.42 Å². The van der Waals surface area contributed by atoms with Crippen molar-refractivity contribution in [2.24, 2.45) is 5.92 Å². The summed E-state index contributed by atoms with van der Waals surface area (Å²) in [5.41, 5.74) is 0. The minimum absolute atomic E-state index is 0.138. The van der Waals surface area contributed by atoms with Gasteiger partial charge in [-0.1, -0.05) is 122 Å². The van der Waals surface area contributed by atoms with Gasteiger partial charge >= 0.3 is 11.9 Å². The summed E-state index contributed by atoms with van der Waals surface area (Å²) in [6.45, 7) is 5.92. The zero-order valence-electron chi connectivity index (χ0n) is 21.5. The highest BCUT2D eigenvalue weighted by molar-refractivity contribution is 5.79. The fraction of sp³-hybridized carbons (Fsp3) is 0.793. The van der Waals surface area contributed by atoms with Crippen molar-refractivity contribution in [1.29, 1.82) is 0 Å². The minimum atomic E-state index is -0.952. The molecule has 0 aromatic heterocycles. The molecule has 0 bridgehead atoms. The van der Waals surface area contributed by atoms with Crippen LogP contribution < -0.4 is 0 Å². The molecule has 0 saturated carbocycles. The average Bonchev–Trinajstić information content (AvgIpc) is 2.80. The molecule has 1 atom stereocenters. The van der Waals surface area contributed by atoms with Crippen LogP contribution in [0, 0.1) is 5.92 Å². The van der Waals surface area contributed by atoms with Crippen LogP contribution in [0.5, 0.6) is 0 Å². The summed E-state index contributed by atoms with van der Waals surface area (Å²) in [6, 6.07) is 0. The molecule has 0 spiro atoms. The Labute approximate surface area is 204 Å². The van der Waals surface area contributed by atoms with Crippen molar-refractivity contribution >= 4 is 11.9 Å². The van der Waals surface area contributed by atoms with E-state index in [9.17, 15) is 9.59 Å². The number of carboxylic acid groups (broad SMARTS) is 1. The van der Waals surface area contributed by atoms with E-state index in [1.54, 1.807) is 0 Å². The van der Waals surface area contributed by atoms with Crippen molar-refractivity contribution in [1.82, 2.24) is 0 Å². The molecule has 0 aliphatic rings. The van der Waals surface area contributed by atoms with E-state index in [2.05, 4.69) is 25.7 Å². The molecule has 0 fully saturated rings. The average molecular weight is 465 g/mol. The van der Waals surface area contributed by atoms with Crippen LogP contribution in [0.4, 0.5) is 0 Å². The monoisotopic (exact) mass is 464 g/mol. The summed E-state index contributed by atoms with van der Waals surface area (Å²) in [5, 5.41) is 8.99. The van der Waals surface area contributed by atoms with Crippen LogP contribution in [0.2, 0.25) is 0 Å². The predicted octanol–water partition coefficient (Wildman–Crippen LogP) is 8.79. The number of allylic oxidation sites excluding steroid dienone is 2. The number of ether oxygens (including phenoxy) is 1. The lowest BCUT2D eigenvalue weighted by atomic mass is 9.97. The molecule has 4 nitrogen and oxygen atoms in total. The number of hydrogen-bond donors (Lipinski definition) is 1. The first kappa shape index (κ1) is 31.4. The van der Waals surface area contributed by atoms with Crippen LogP contribution in [0.1, 0.15) is 135 Å². The molecule has 33 heavy (non-hydrogen) atoms. The highest BCUT2D eigenvalue weighted by Gasteiger charge is 2.22. The minimum Gasteiger partial charge on any atom is -0.481 e. The van der Waals surface area contributed by atoms with Crippen molar-refractivity contribution in [3.63, 3.8) is 0 Å². The number of rotatable bonds is 25. The van der Waals surface area contributed by atoms with Gasteiger partial charge in [0.1, 0.15) is 6.61 Å². The van der Waals surface area contributed by atoms with Gasteiger partial charge in [0, 0.05) is 0 Å². The van der Waals surface area contributed by atoms with Gasteiger partial charge in [-0.25, -0.2) is 0 Å². The summed E-state index contributed by atoms with van der Waals surface area (Å²) in [7, 11) is 0. The molecule has 0 aromatic rings. The third-order valence-electron chi connectivity index (χ3n) is 6.16. The zero-order valence-corrected chi connectivity index (χ0v) is 21.5. The molecule has 0 aromatic carbocycles. The fourth-order valence-corrected chi connectivity index (χ4v) is 4.12. The number of hydrogen-bond acceptors (Lipinski definition) is 3. The zero-order chi connectivity index (χ0) is 24.4. The molecular formula is C29H52O4. The van der Waals surface area contributed by atoms with Gasteiger partial charge in [0.2, 0.25) is 0 Å². The van der Waals surface area contributed by atoms with E-state index in [4.69, 9.17) is 9.84 Å². The number of carboxylic acids is 1. The molecule has 1 unspecified atom stereocenters. The highest BCUT2D eigenvalue weighted by Crippen LogP contribution is 2.17. The maximum atomic E-state index is 11.9. The Balaban J connectivity index is 3.49. The maximum Gasteiger partial charge on any atom is 0.309 e. The van der Waals surface area contributed by atoms with Crippen molar-refractivity contribution in [2.75, 3.05) is 6.61 Å². The standard InChI is InChI=1S/C29H52O4/c1-3-5-6-7-8-9-10-11-12-13-14-15-16-17-18-19-20-21-22-23-24-27(26-28(30)31)29(32)33-25-4-2/h4,18-19,27H,2-3,5-17,20-26H2,1H3,(H,30,31)/b19-18+. The fourth-order valence-electron chi connectivity index (χ4n) is 4.12. The molecule has 0 aliphatic carbocycles. The molecule has 0 rings (SSSR count). The summed E-state index contributed by atoms with van der Waals surface area (Å²) >= 11 is 0.